The molecule has 0 aliphatic carbocycles. The van der Waals surface area contributed by atoms with Crippen molar-refractivity contribution >= 4 is 10.0 Å². The molecular weight excluding hydrogens is 212 g/mol. The van der Waals surface area contributed by atoms with Crippen molar-refractivity contribution in [2.24, 2.45) is 5.73 Å². The van der Waals surface area contributed by atoms with E-state index in [4.69, 9.17) is 12.2 Å². The average Bonchev–Trinajstić information content (AvgIpc) is 2.16. The molecule has 1 atom stereocenters. The second kappa shape index (κ2) is 4.45. The Balaban J connectivity index is 3.02. The molecule has 0 saturated carbocycles. The third-order valence-electron chi connectivity index (χ3n) is 1.67. The molecule has 0 fully saturated rings. The second-order valence-electron chi connectivity index (χ2n) is 3.08. The quantitative estimate of drug-likeness (QED) is 0.571. The van der Waals surface area contributed by atoms with Gasteiger partial charge in [0.15, 0.2) is 0 Å². The highest BCUT2D eigenvalue weighted by Crippen LogP contribution is 2.09. The first-order chi connectivity index (χ1) is 6.95. The van der Waals surface area contributed by atoms with Crippen LogP contribution in [0.3, 0.4) is 0 Å². The van der Waals surface area contributed by atoms with Gasteiger partial charge in [-0.1, -0.05) is 5.92 Å². The highest BCUT2D eigenvalue weighted by Gasteiger charge is 2.14. The summed E-state index contributed by atoms with van der Waals surface area (Å²) in [6, 6.07) is 6.02. The summed E-state index contributed by atoms with van der Waals surface area (Å²) in [5.41, 5.74) is 5.98. The van der Waals surface area contributed by atoms with Crippen LogP contribution >= 0.6 is 0 Å². The first-order valence-electron chi connectivity index (χ1n) is 4.30. The second-order valence-corrected chi connectivity index (χ2v) is 4.79. The van der Waals surface area contributed by atoms with Crippen molar-refractivity contribution in [1.82, 2.24) is 4.72 Å². The summed E-state index contributed by atoms with van der Waals surface area (Å²) in [5.74, 6) is 2.41. The molecule has 0 amide bonds. The fourth-order valence-corrected chi connectivity index (χ4v) is 2.16. The molecule has 0 radical (unpaired) electrons. The molecule has 1 unspecified atom stereocenters. The fourth-order valence-electron chi connectivity index (χ4n) is 1.04. The van der Waals surface area contributed by atoms with Crippen molar-refractivity contribution < 1.29 is 8.42 Å². The maximum atomic E-state index is 11.6. The normalized spacial score (nSPS) is 13.1. The number of nitrogens with one attached hydrogen (secondary N) is 1. The minimum Gasteiger partial charge on any atom is -0.315 e. The van der Waals surface area contributed by atoms with Crippen molar-refractivity contribution in [3.63, 3.8) is 0 Å². The molecule has 1 aromatic rings. The van der Waals surface area contributed by atoms with Gasteiger partial charge in [0.25, 0.3) is 0 Å². The van der Waals surface area contributed by atoms with Crippen LogP contribution in [0.2, 0.25) is 0 Å². The highest BCUT2D eigenvalue weighted by molar-refractivity contribution is 7.89. The average molecular weight is 224 g/mol. The van der Waals surface area contributed by atoms with Gasteiger partial charge in [0.2, 0.25) is 10.0 Å². The van der Waals surface area contributed by atoms with E-state index in [-0.39, 0.29) is 4.90 Å². The van der Waals surface area contributed by atoms with Crippen LogP contribution in [-0.4, -0.2) is 14.6 Å². The van der Waals surface area contributed by atoms with Crippen molar-refractivity contribution in [1.29, 1.82) is 0 Å². The lowest BCUT2D eigenvalue weighted by Gasteiger charge is -2.09. The lowest BCUT2D eigenvalue weighted by Crippen LogP contribution is -2.38. The molecule has 80 valence electrons. The van der Waals surface area contributed by atoms with Crippen molar-refractivity contribution in [3.05, 3.63) is 29.8 Å². The van der Waals surface area contributed by atoms with Gasteiger partial charge in [-0.2, -0.15) is 4.72 Å². The van der Waals surface area contributed by atoms with Crippen LogP contribution in [0.1, 0.15) is 12.5 Å². The van der Waals surface area contributed by atoms with Gasteiger partial charge in [-0.05, 0) is 31.2 Å². The molecule has 15 heavy (non-hydrogen) atoms. The zero-order chi connectivity index (χ0) is 11.5. The Labute approximate surface area is 89.5 Å². The van der Waals surface area contributed by atoms with E-state index >= 15 is 0 Å². The molecule has 0 aliphatic heterocycles. The maximum absolute atomic E-state index is 11.6. The van der Waals surface area contributed by atoms with E-state index < -0.39 is 16.2 Å². The molecular formula is C10H12N2O2S. The molecule has 3 N–H and O–H groups in total. The van der Waals surface area contributed by atoms with Crippen LogP contribution in [0.15, 0.2) is 29.2 Å². The molecule has 0 aliphatic rings. The zero-order valence-electron chi connectivity index (χ0n) is 8.27. The number of hydrogen-bond acceptors (Lipinski definition) is 3. The van der Waals surface area contributed by atoms with Gasteiger partial charge in [0, 0.05) is 5.56 Å². The molecule has 1 aromatic carbocycles. The third-order valence-corrected chi connectivity index (χ3v) is 3.25. The predicted octanol–water partition coefficient (Wildman–Crippen LogP) is 0.251. The van der Waals surface area contributed by atoms with E-state index in [1.807, 2.05) is 0 Å². The summed E-state index contributed by atoms with van der Waals surface area (Å²) in [6.45, 7) is 1.55. The third kappa shape index (κ3) is 3.06. The largest absolute Gasteiger partial charge is 0.315 e. The minimum atomic E-state index is -3.53. The predicted molar refractivity (Wildman–Crippen MR) is 58.3 cm³/mol. The molecule has 0 saturated heterocycles. The maximum Gasteiger partial charge on any atom is 0.241 e. The Kier molecular flexibility index (Phi) is 3.48. The summed E-state index contributed by atoms with van der Waals surface area (Å²) >= 11 is 0. The lowest BCUT2D eigenvalue weighted by atomic mass is 10.2. The van der Waals surface area contributed by atoms with Crippen LogP contribution in [0, 0.1) is 12.3 Å². The molecule has 0 heterocycles. The Hall–Kier alpha value is -1.35. The number of benzene rings is 1. The molecule has 4 nitrogen and oxygen atoms in total. The SMILES string of the molecule is C#Cc1ccc(S(=O)(=O)NC(C)N)cc1. The smallest absolute Gasteiger partial charge is 0.241 e. The number of rotatable bonds is 3. The van der Waals surface area contributed by atoms with E-state index in [0.717, 1.165) is 0 Å². The summed E-state index contributed by atoms with van der Waals surface area (Å²) in [4.78, 5) is 0.152. The Morgan fingerprint density at radius 2 is 1.93 bits per heavy atom. The summed E-state index contributed by atoms with van der Waals surface area (Å²) in [6.07, 6.45) is 4.53. The first kappa shape index (κ1) is 11.7. The van der Waals surface area contributed by atoms with Gasteiger partial charge in [-0.3, -0.25) is 0 Å². The summed E-state index contributed by atoms with van der Waals surface area (Å²) < 4.78 is 25.5. The van der Waals surface area contributed by atoms with Gasteiger partial charge in [-0.25, -0.2) is 8.42 Å². The highest BCUT2D eigenvalue weighted by atomic mass is 32.2. The summed E-state index contributed by atoms with van der Waals surface area (Å²) in [7, 11) is -3.53. The molecule has 0 aromatic heterocycles. The Morgan fingerprint density at radius 1 is 1.40 bits per heavy atom. The number of nitrogens with two attached hydrogens (primary N) is 1. The fraction of sp³-hybridized carbons (Fsp3) is 0.200. The first-order valence-corrected chi connectivity index (χ1v) is 5.78. The van der Waals surface area contributed by atoms with Crippen LogP contribution in [0.25, 0.3) is 0 Å². The van der Waals surface area contributed by atoms with Crippen molar-refractivity contribution in [2.45, 2.75) is 18.0 Å². The van der Waals surface area contributed by atoms with E-state index in [1.54, 1.807) is 19.1 Å². The van der Waals surface area contributed by atoms with Gasteiger partial charge in [-0.15, -0.1) is 6.42 Å². The van der Waals surface area contributed by atoms with Crippen LogP contribution < -0.4 is 10.5 Å². The topological polar surface area (TPSA) is 72.2 Å². The Morgan fingerprint density at radius 3 is 2.33 bits per heavy atom. The van der Waals surface area contributed by atoms with Crippen molar-refractivity contribution in [3.8, 4) is 12.3 Å². The molecule has 5 heteroatoms. The Bertz CT molecular complexity index is 469. The van der Waals surface area contributed by atoms with Crippen LogP contribution in [-0.2, 0) is 10.0 Å². The monoisotopic (exact) mass is 224 g/mol. The van der Waals surface area contributed by atoms with Gasteiger partial charge < -0.3 is 5.73 Å². The standard InChI is InChI=1S/C10H12N2O2S/c1-3-9-4-6-10(7-5-9)15(13,14)12-8(2)11/h1,4-8,12H,11H2,2H3. The van der Waals surface area contributed by atoms with E-state index in [2.05, 4.69) is 10.6 Å². The van der Waals surface area contributed by atoms with E-state index in [0.29, 0.717) is 5.56 Å². The molecule has 0 spiro atoms. The van der Waals surface area contributed by atoms with Crippen LogP contribution in [0.5, 0.6) is 0 Å². The summed E-state index contributed by atoms with van der Waals surface area (Å²) in [5, 5.41) is 0. The van der Waals surface area contributed by atoms with Gasteiger partial charge >= 0.3 is 0 Å². The zero-order valence-corrected chi connectivity index (χ0v) is 9.08. The molecule has 0 bridgehead atoms. The van der Waals surface area contributed by atoms with E-state index in [1.165, 1.54) is 12.1 Å². The minimum absolute atomic E-state index is 0.152. The number of sulfonamides is 1. The van der Waals surface area contributed by atoms with Gasteiger partial charge in [0.05, 0.1) is 11.1 Å². The van der Waals surface area contributed by atoms with Crippen molar-refractivity contribution in [2.75, 3.05) is 0 Å². The lowest BCUT2D eigenvalue weighted by molar-refractivity contribution is 0.565. The number of terminal acetylenes is 1. The van der Waals surface area contributed by atoms with E-state index in [9.17, 15) is 8.42 Å². The van der Waals surface area contributed by atoms with Crippen LogP contribution in [0.4, 0.5) is 0 Å². The van der Waals surface area contributed by atoms with Gasteiger partial charge in [0.1, 0.15) is 0 Å². The number of hydrogen-bond donors (Lipinski definition) is 2. The molecule has 1 rings (SSSR count).